The zero-order chi connectivity index (χ0) is 15.4. The Labute approximate surface area is 132 Å². The molecule has 0 spiro atoms. The molecule has 1 aromatic rings. The summed E-state index contributed by atoms with van der Waals surface area (Å²) in [5, 5.41) is 3.36. The molecular formula is C19H26N2O. The van der Waals surface area contributed by atoms with Crippen LogP contribution in [0.25, 0.3) is 0 Å². The lowest BCUT2D eigenvalue weighted by molar-refractivity contribution is -0.148. The van der Waals surface area contributed by atoms with Crippen LogP contribution in [0.2, 0.25) is 0 Å². The predicted octanol–water partition coefficient (Wildman–Crippen LogP) is 3.65. The molecule has 0 unspecified atom stereocenters. The maximum atomic E-state index is 13.2. The number of carbonyl (C=O) groups excluding carboxylic acids is 1. The van der Waals surface area contributed by atoms with E-state index in [0.29, 0.717) is 5.91 Å². The molecule has 4 saturated carbocycles. The van der Waals surface area contributed by atoms with Gasteiger partial charge in [-0.1, -0.05) is 0 Å². The van der Waals surface area contributed by atoms with Crippen LogP contribution < -0.4 is 5.32 Å². The van der Waals surface area contributed by atoms with E-state index in [1.165, 1.54) is 19.3 Å². The summed E-state index contributed by atoms with van der Waals surface area (Å²) in [6, 6.07) is 4.00. The molecule has 1 heterocycles. The molecule has 0 radical (unpaired) electrons. The van der Waals surface area contributed by atoms with Crippen LogP contribution in [0.15, 0.2) is 24.5 Å². The second-order valence-corrected chi connectivity index (χ2v) is 8.51. The summed E-state index contributed by atoms with van der Waals surface area (Å²) in [6.07, 6.45) is 11.1. The minimum Gasteiger partial charge on any atom is -0.347 e. The van der Waals surface area contributed by atoms with Gasteiger partial charge in [0.25, 0.3) is 0 Å². The van der Waals surface area contributed by atoms with Crippen LogP contribution in [0.3, 0.4) is 0 Å². The van der Waals surface area contributed by atoms with Gasteiger partial charge in [0.05, 0.1) is 5.54 Å². The average molecular weight is 298 g/mol. The Bertz CT molecular complexity index is 543. The SMILES string of the molecule is CC(C)(NC(=O)C12CC3CC(CC(C3)C1)C2)c1ccncc1. The zero-order valence-electron chi connectivity index (χ0n) is 13.6. The van der Waals surface area contributed by atoms with Gasteiger partial charge in [-0.05, 0) is 87.8 Å². The maximum Gasteiger partial charge on any atom is 0.226 e. The lowest BCUT2D eigenvalue weighted by Gasteiger charge is -2.56. The summed E-state index contributed by atoms with van der Waals surface area (Å²) in [6.45, 7) is 4.20. The van der Waals surface area contributed by atoms with E-state index < -0.39 is 0 Å². The van der Waals surface area contributed by atoms with Gasteiger partial charge in [-0.25, -0.2) is 0 Å². The average Bonchev–Trinajstić information content (AvgIpc) is 2.46. The van der Waals surface area contributed by atoms with Crippen LogP contribution in [0, 0.1) is 23.2 Å². The van der Waals surface area contributed by atoms with E-state index in [1.807, 2.05) is 12.1 Å². The highest BCUT2D eigenvalue weighted by Crippen LogP contribution is 2.60. The number of carbonyl (C=O) groups is 1. The van der Waals surface area contributed by atoms with Crippen molar-refractivity contribution in [1.82, 2.24) is 10.3 Å². The molecule has 0 saturated heterocycles. The third-order valence-electron chi connectivity index (χ3n) is 6.35. The van der Waals surface area contributed by atoms with E-state index in [2.05, 4.69) is 24.1 Å². The molecule has 4 aliphatic rings. The molecule has 3 heteroatoms. The van der Waals surface area contributed by atoms with Crippen LogP contribution in [0.4, 0.5) is 0 Å². The van der Waals surface area contributed by atoms with Gasteiger partial charge in [-0.15, -0.1) is 0 Å². The highest BCUT2D eigenvalue weighted by molar-refractivity contribution is 5.84. The van der Waals surface area contributed by atoms with Crippen molar-refractivity contribution in [1.29, 1.82) is 0 Å². The summed E-state index contributed by atoms with van der Waals surface area (Å²) in [7, 11) is 0. The van der Waals surface area contributed by atoms with Crippen molar-refractivity contribution in [3.63, 3.8) is 0 Å². The second kappa shape index (κ2) is 4.81. The minimum atomic E-state index is -0.330. The van der Waals surface area contributed by atoms with Crippen LogP contribution in [0.1, 0.15) is 57.9 Å². The zero-order valence-corrected chi connectivity index (χ0v) is 13.6. The quantitative estimate of drug-likeness (QED) is 0.925. The van der Waals surface area contributed by atoms with Gasteiger partial charge in [0.2, 0.25) is 5.91 Å². The third-order valence-corrected chi connectivity index (χ3v) is 6.35. The van der Waals surface area contributed by atoms with Crippen LogP contribution in [0.5, 0.6) is 0 Å². The van der Waals surface area contributed by atoms with Gasteiger partial charge in [-0.2, -0.15) is 0 Å². The number of aromatic nitrogens is 1. The van der Waals surface area contributed by atoms with Crippen molar-refractivity contribution in [2.75, 3.05) is 0 Å². The molecule has 1 amide bonds. The fourth-order valence-electron chi connectivity index (χ4n) is 5.65. The molecule has 4 bridgehead atoms. The Morgan fingerprint density at radius 2 is 1.59 bits per heavy atom. The van der Waals surface area contributed by atoms with Crippen LogP contribution in [-0.2, 0) is 10.3 Å². The maximum absolute atomic E-state index is 13.2. The van der Waals surface area contributed by atoms with E-state index in [9.17, 15) is 4.79 Å². The summed E-state index contributed by atoms with van der Waals surface area (Å²) >= 11 is 0. The van der Waals surface area contributed by atoms with Gasteiger partial charge < -0.3 is 5.32 Å². The van der Waals surface area contributed by atoms with Gasteiger partial charge in [0.15, 0.2) is 0 Å². The smallest absolute Gasteiger partial charge is 0.226 e. The van der Waals surface area contributed by atoms with E-state index >= 15 is 0 Å². The second-order valence-electron chi connectivity index (χ2n) is 8.51. The highest BCUT2D eigenvalue weighted by atomic mass is 16.2. The standard InChI is InChI=1S/C19H26N2O/c1-18(2,16-3-5-20-6-4-16)21-17(22)19-10-13-7-14(11-19)9-15(8-13)12-19/h3-6,13-15H,7-12H2,1-2H3,(H,21,22). The Morgan fingerprint density at radius 3 is 2.09 bits per heavy atom. The first-order chi connectivity index (χ1) is 10.5. The number of amides is 1. The number of pyridine rings is 1. The third kappa shape index (κ3) is 2.26. The lowest BCUT2D eigenvalue weighted by atomic mass is 9.49. The van der Waals surface area contributed by atoms with E-state index in [0.717, 1.165) is 42.6 Å². The molecule has 0 aromatic carbocycles. The molecule has 4 fully saturated rings. The lowest BCUT2D eigenvalue weighted by Crippen LogP contribution is -2.56. The largest absolute Gasteiger partial charge is 0.347 e. The van der Waals surface area contributed by atoms with Crippen LogP contribution >= 0.6 is 0 Å². The van der Waals surface area contributed by atoms with Gasteiger partial charge in [0, 0.05) is 17.8 Å². The molecule has 0 aliphatic heterocycles. The number of hydrogen-bond acceptors (Lipinski definition) is 2. The number of hydrogen-bond donors (Lipinski definition) is 1. The molecule has 4 aliphatic carbocycles. The molecule has 5 rings (SSSR count). The van der Waals surface area contributed by atoms with Crippen LogP contribution in [-0.4, -0.2) is 10.9 Å². The normalized spacial score (nSPS) is 36.4. The first kappa shape index (κ1) is 14.2. The molecule has 118 valence electrons. The Kier molecular flexibility index (Phi) is 3.11. The number of nitrogens with zero attached hydrogens (tertiary/aromatic N) is 1. The topological polar surface area (TPSA) is 42.0 Å². The number of rotatable bonds is 3. The first-order valence-corrected chi connectivity index (χ1v) is 8.70. The number of nitrogens with one attached hydrogen (secondary N) is 1. The van der Waals surface area contributed by atoms with Crippen molar-refractivity contribution >= 4 is 5.91 Å². The Balaban J connectivity index is 1.55. The molecule has 1 N–H and O–H groups in total. The summed E-state index contributed by atoms with van der Waals surface area (Å²) in [5.41, 5.74) is 0.725. The molecular weight excluding hydrogens is 272 g/mol. The van der Waals surface area contributed by atoms with Gasteiger partial charge in [-0.3, -0.25) is 9.78 Å². The van der Waals surface area contributed by atoms with E-state index in [1.54, 1.807) is 12.4 Å². The van der Waals surface area contributed by atoms with Crippen molar-refractivity contribution < 1.29 is 4.79 Å². The Hall–Kier alpha value is -1.38. The molecule has 1 aromatic heterocycles. The van der Waals surface area contributed by atoms with Crippen molar-refractivity contribution in [3.05, 3.63) is 30.1 Å². The van der Waals surface area contributed by atoms with Gasteiger partial charge >= 0.3 is 0 Å². The van der Waals surface area contributed by atoms with E-state index in [4.69, 9.17) is 0 Å². The predicted molar refractivity (Wildman–Crippen MR) is 86.0 cm³/mol. The fraction of sp³-hybridized carbons (Fsp3) is 0.684. The van der Waals surface area contributed by atoms with Gasteiger partial charge in [0.1, 0.15) is 0 Å². The highest BCUT2D eigenvalue weighted by Gasteiger charge is 2.55. The first-order valence-electron chi connectivity index (χ1n) is 8.70. The van der Waals surface area contributed by atoms with Crippen molar-refractivity contribution in [2.45, 2.75) is 57.9 Å². The summed E-state index contributed by atoms with van der Waals surface area (Å²) < 4.78 is 0. The molecule has 22 heavy (non-hydrogen) atoms. The molecule has 0 atom stereocenters. The van der Waals surface area contributed by atoms with Crippen molar-refractivity contribution in [3.8, 4) is 0 Å². The Morgan fingerprint density at radius 1 is 1.09 bits per heavy atom. The summed E-state index contributed by atoms with van der Waals surface area (Å²) in [4.78, 5) is 17.2. The molecule has 3 nitrogen and oxygen atoms in total. The summed E-state index contributed by atoms with van der Waals surface area (Å²) in [5.74, 6) is 2.72. The minimum absolute atomic E-state index is 0.0704. The monoisotopic (exact) mass is 298 g/mol. The van der Waals surface area contributed by atoms with E-state index in [-0.39, 0.29) is 11.0 Å². The van der Waals surface area contributed by atoms with Crippen molar-refractivity contribution in [2.24, 2.45) is 23.2 Å². The fourth-order valence-corrected chi connectivity index (χ4v) is 5.65.